The van der Waals surface area contributed by atoms with Crippen LogP contribution in [0.5, 0.6) is 11.5 Å². The highest BCUT2D eigenvalue weighted by Crippen LogP contribution is 2.34. The fourth-order valence-electron chi connectivity index (χ4n) is 2.73. The molecule has 158 valence electrons. The summed E-state index contributed by atoms with van der Waals surface area (Å²) in [7, 11) is 1.59. The highest BCUT2D eigenvalue weighted by atomic mass is 19.4. The summed E-state index contributed by atoms with van der Waals surface area (Å²) in [5, 5.41) is 2.37. The van der Waals surface area contributed by atoms with Crippen LogP contribution in [0.3, 0.4) is 0 Å². The summed E-state index contributed by atoms with van der Waals surface area (Å²) in [6.45, 7) is 3.53. The monoisotopic (exact) mass is 410 g/mol. The van der Waals surface area contributed by atoms with Gasteiger partial charge in [-0.15, -0.1) is 0 Å². The molecule has 0 aliphatic rings. The standard InChI is InChI=1S/C21H25F3N2O3/c1-3-26(13-6-14-29-17-11-9-16(28-2)10-12-17)15-20(27)25-19-8-5-4-7-18(19)21(22,23)24/h4-5,7-12H,3,6,13-15H2,1-2H3,(H,25,27). The van der Waals surface area contributed by atoms with Gasteiger partial charge in [0.2, 0.25) is 5.91 Å². The van der Waals surface area contributed by atoms with Crippen LogP contribution >= 0.6 is 0 Å². The molecule has 0 saturated carbocycles. The first-order valence-corrected chi connectivity index (χ1v) is 9.28. The SMILES string of the molecule is CCN(CCCOc1ccc(OC)cc1)CC(=O)Nc1ccccc1C(F)(F)F. The van der Waals surface area contributed by atoms with Gasteiger partial charge >= 0.3 is 6.18 Å². The van der Waals surface area contributed by atoms with Gasteiger partial charge < -0.3 is 14.8 Å². The molecular formula is C21H25F3N2O3. The van der Waals surface area contributed by atoms with Crippen LogP contribution in [0.25, 0.3) is 0 Å². The van der Waals surface area contributed by atoms with Crippen LogP contribution in [-0.2, 0) is 11.0 Å². The second-order valence-corrected chi connectivity index (χ2v) is 6.34. The van der Waals surface area contributed by atoms with Crippen molar-refractivity contribution in [1.29, 1.82) is 0 Å². The van der Waals surface area contributed by atoms with Gasteiger partial charge in [-0.05, 0) is 49.4 Å². The van der Waals surface area contributed by atoms with Crippen molar-refractivity contribution in [3.63, 3.8) is 0 Å². The molecule has 29 heavy (non-hydrogen) atoms. The number of halogens is 3. The zero-order valence-electron chi connectivity index (χ0n) is 16.5. The van der Waals surface area contributed by atoms with Crippen LogP contribution in [0.1, 0.15) is 18.9 Å². The summed E-state index contributed by atoms with van der Waals surface area (Å²) in [6.07, 6.45) is -3.85. The number of hydrogen-bond donors (Lipinski definition) is 1. The van der Waals surface area contributed by atoms with Crippen molar-refractivity contribution in [3.8, 4) is 11.5 Å². The number of nitrogens with one attached hydrogen (secondary N) is 1. The van der Waals surface area contributed by atoms with Crippen molar-refractivity contribution in [1.82, 2.24) is 4.90 Å². The molecule has 0 spiro atoms. The largest absolute Gasteiger partial charge is 0.497 e. The number of rotatable bonds is 10. The molecule has 2 aromatic rings. The van der Waals surface area contributed by atoms with E-state index in [-0.39, 0.29) is 12.2 Å². The number of likely N-dealkylation sites (N-methyl/N-ethyl adjacent to an activating group) is 1. The maximum Gasteiger partial charge on any atom is 0.418 e. The van der Waals surface area contributed by atoms with Crippen molar-refractivity contribution < 1.29 is 27.4 Å². The number of hydrogen-bond acceptors (Lipinski definition) is 4. The molecule has 0 heterocycles. The Hall–Kier alpha value is -2.74. The van der Waals surface area contributed by atoms with E-state index in [9.17, 15) is 18.0 Å². The average Bonchev–Trinajstić information content (AvgIpc) is 2.70. The summed E-state index contributed by atoms with van der Waals surface area (Å²) >= 11 is 0. The first-order chi connectivity index (χ1) is 13.8. The van der Waals surface area contributed by atoms with Gasteiger partial charge in [0, 0.05) is 6.54 Å². The van der Waals surface area contributed by atoms with E-state index in [0.717, 1.165) is 17.6 Å². The molecule has 8 heteroatoms. The lowest BCUT2D eigenvalue weighted by atomic mass is 10.1. The fraction of sp³-hybridized carbons (Fsp3) is 0.381. The zero-order chi connectivity index (χ0) is 21.3. The van der Waals surface area contributed by atoms with Gasteiger partial charge in [-0.2, -0.15) is 13.2 Å². The quantitative estimate of drug-likeness (QED) is 0.589. The van der Waals surface area contributed by atoms with Crippen LogP contribution in [0.15, 0.2) is 48.5 Å². The Kier molecular flexibility index (Phi) is 8.33. The molecule has 2 rings (SSSR count). The molecule has 0 aliphatic heterocycles. The second-order valence-electron chi connectivity index (χ2n) is 6.34. The third kappa shape index (κ3) is 7.30. The van der Waals surface area contributed by atoms with Gasteiger partial charge in [0.05, 0.1) is 31.5 Å². The van der Waals surface area contributed by atoms with E-state index < -0.39 is 17.6 Å². The number of nitrogens with zero attached hydrogens (tertiary/aromatic N) is 1. The lowest BCUT2D eigenvalue weighted by molar-refractivity contribution is -0.137. The molecule has 0 aromatic heterocycles. The second kappa shape index (κ2) is 10.7. The Morgan fingerprint density at radius 3 is 2.34 bits per heavy atom. The summed E-state index contributed by atoms with van der Waals surface area (Å²) in [5.41, 5.74) is -1.09. The normalized spacial score (nSPS) is 11.4. The van der Waals surface area contributed by atoms with Crippen LogP contribution < -0.4 is 14.8 Å². The lowest BCUT2D eigenvalue weighted by Crippen LogP contribution is -2.34. The van der Waals surface area contributed by atoms with E-state index in [1.807, 2.05) is 24.0 Å². The molecule has 0 fully saturated rings. The maximum atomic E-state index is 13.0. The van der Waals surface area contributed by atoms with Crippen molar-refractivity contribution in [2.45, 2.75) is 19.5 Å². The third-order valence-electron chi connectivity index (χ3n) is 4.27. The molecule has 0 atom stereocenters. The number of carbonyl (C=O) groups excluding carboxylic acids is 1. The van der Waals surface area contributed by atoms with Gasteiger partial charge in [-0.1, -0.05) is 19.1 Å². The maximum absolute atomic E-state index is 13.0. The molecule has 0 saturated heterocycles. The number of alkyl halides is 3. The minimum atomic E-state index is -4.52. The van der Waals surface area contributed by atoms with E-state index in [4.69, 9.17) is 9.47 Å². The Morgan fingerprint density at radius 2 is 1.72 bits per heavy atom. The van der Waals surface area contributed by atoms with Crippen molar-refractivity contribution in [2.24, 2.45) is 0 Å². The average molecular weight is 410 g/mol. The number of carbonyl (C=O) groups is 1. The van der Waals surface area contributed by atoms with Gasteiger partial charge in [0.15, 0.2) is 0 Å². The summed E-state index contributed by atoms with van der Waals surface area (Å²) in [5.74, 6) is 0.975. The molecule has 1 N–H and O–H groups in total. The van der Waals surface area contributed by atoms with Crippen molar-refractivity contribution >= 4 is 11.6 Å². The number of anilines is 1. The molecule has 0 unspecified atom stereocenters. The van der Waals surface area contributed by atoms with Gasteiger partial charge in [0.1, 0.15) is 11.5 Å². The van der Waals surface area contributed by atoms with E-state index in [2.05, 4.69) is 5.32 Å². The third-order valence-corrected chi connectivity index (χ3v) is 4.27. The molecule has 0 bridgehead atoms. The Bertz CT molecular complexity index is 779. The van der Waals surface area contributed by atoms with Gasteiger partial charge in [-0.3, -0.25) is 9.69 Å². The van der Waals surface area contributed by atoms with Crippen LogP contribution in [0, 0.1) is 0 Å². The van der Waals surface area contributed by atoms with Gasteiger partial charge in [-0.25, -0.2) is 0 Å². The number of ether oxygens (including phenoxy) is 2. The van der Waals surface area contributed by atoms with E-state index in [1.165, 1.54) is 18.2 Å². The molecule has 0 radical (unpaired) electrons. The minimum absolute atomic E-state index is 0.00519. The van der Waals surface area contributed by atoms with Crippen LogP contribution in [-0.4, -0.2) is 44.2 Å². The number of benzene rings is 2. The topological polar surface area (TPSA) is 50.8 Å². The first-order valence-electron chi connectivity index (χ1n) is 9.28. The Labute approximate surface area is 168 Å². The van der Waals surface area contributed by atoms with Crippen molar-refractivity contribution in [3.05, 3.63) is 54.1 Å². The predicted octanol–water partition coefficient (Wildman–Crippen LogP) is 4.44. The number of methoxy groups -OCH3 is 1. The predicted molar refractivity (Wildman–Crippen MR) is 105 cm³/mol. The molecular weight excluding hydrogens is 385 g/mol. The molecule has 2 aromatic carbocycles. The molecule has 1 amide bonds. The Balaban J connectivity index is 1.79. The fourth-order valence-corrected chi connectivity index (χ4v) is 2.73. The minimum Gasteiger partial charge on any atom is -0.497 e. The van der Waals surface area contributed by atoms with E-state index >= 15 is 0 Å². The Morgan fingerprint density at radius 1 is 1.07 bits per heavy atom. The van der Waals surface area contributed by atoms with E-state index in [1.54, 1.807) is 19.2 Å². The van der Waals surface area contributed by atoms with Gasteiger partial charge in [0.25, 0.3) is 0 Å². The smallest absolute Gasteiger partial charge is 0.418 e. The molecule has 5 nitrogen and oxygen atoms in total. The van der Waals surface area contributed by atoms with Crippen LogP contribution in [0.4, 0.5) is 18.9 Å². The number of amides is 1. The van der Waals surface area contributed by atoms with E-state index in [0.29, 0.717) is 26.1 Å². The molecule has 0 aliphatic carbocycles. The number of para-hydroxylation sites is 1. The summed E-state index contributed by atoms with van der Waals surface area (Å²) < 4.78 is 49.8. The lowest BCUT2D eigenvalue weighted by Gasteiger charge is -2.20. The van der Waals surface area contributed by atoms with Crippen LogP contribution in [0.2, 0.25) is 0 Å². The highest BCUT2D eigenvalue weighted by molar-refractivity contribution is 5.93. The zero-order valence-corrected chi connectivity index (χ0v) is 16.5. The highest BCUT2D eigenvalue weighted by Gasteiger charge is 2.33. The summed E-state index contributed by atoms with van der Waals surface area (Å²) in [6, 6.07) is 12.2. The first kappa shape index (κ1) is 22.5. The summed E-state index contributed by atoms with van der Waals surface area (Å²) in [4.78, 5) is 14.1. The van der Waals surface area contributed by atoms with Crippen molar-refractivity contribution in [2.75, 3.05) is 38.7 Å².